The first-order valence-electron chi connectivity index (χ1n) is 4.50. The standard InChI is InChI=1S/C9H13ClN2O2S/c1-6(7-2-3-8(10)15-7)12-4-5-14-9(11)13/h2-3,6,12H,4-5H2,1H3,(H2,11,13). The number of primary amides is 1. The summed E-state index contributed by atoms with van der Waals surface area (Å²) in [5.41, 5.74) is 4.82. The van der Waals surface area contributed by atoms with E-state index in [4.69, 9.17) is 17.3 Å². The van der Waals surface area contributed by atoms with Crippen LogP contribution in [0.3, 0.4) is 0 Å². The molecule has 0 bridgehead atoms. The van der Waals surface area contributed by atoms with E-state index >= 15 is 0 Å². The van der Waals surface area contributed by atoms with Gasteiger partial charge in [-0.3, -0.25) is 0 Å². The highest BCUT2D eigenvalue weighted by Gasteiger charge is 2.07. The van der Waals surface area contributed by atoms with Crippen molar-refractivity contribution >= 4 is 29.0 Å². The van der Waals surface area contributed by atoms with Crippen LogP contribution in [0.5, 0.6) is 0 Å². The van der Waals surface area contributed by atoms with Crippen LogP contribution < -0.4 is 11.1 Å². The Balaban J connectivity index is 2.24. The summed E-state index contributed by atoms with van der Waals surface area (Å²) in [5.74, 6) is 0. The summed E-state index contributed by atoms with van der Waals surface area (Å²) >= 11 is 7.34. The highest BCUT2D eigenvalue weighted by Crippen LogP contribution is 2.26. The van der Waals surface area contributed by atoms with Gasteiger partial charge in [0.1, 0.15) is 6.61 Å². The van der Waals surface area contributed by atoms with Crippen molar-refractivity contribution in [1.82, 2.24) is 5.32 Å². The lowest BCUT2D eigenvalue weighted by atomic mass is 10.3. The number of nitrogens with two attached hydrogens (primary N) is 1. The van der Waals surface area contributed by atoms with Crippen molar-refractivity contribution in [3.63, 3.8) is 0 Å². The molecule has 1 unspecified atom stereocenters. The molecule has 1 heterocycles. The largest absolute Gasteiger partial charge is 0.448 e. The minimum absolute atomic E-state index is 0.193. The van der Waals surface area contributed by atoms with Crippen molar-refractivity contribution in [2.45, 2.75) is 13.0 Å². The van der Waals surface area contributed by atoms with Crippen LogP contribution in [0.15, 0.2) is 12.1 Å². The quantitative estimate of drug-likeness (QED) is 0.785. The van der Waals surface area contributed by atoms with E-state index in [9.17, 15) is 4.79 Å². The Morgan fingerprint density at radius 1 is 1.73 bits per heavy atom. The van der Waals surface area contributed by atoms with Crippen LogP contribution in [0.4, 0.5) is 4.79 Å². The molecular weight excluding hydrogens is 236 g/mol. The van der Waals surface area contributed by atoms with E-state index in [1.165, 1.54) is 11.3 Å². The third-order valence-corrected chi connectivity index (χ3v) is 3.23. The Kier molecular flexibility index (Phi) is 4.87. The normalized spacial score (nSPS) is 12.4. The summed E-state index contributed by atoms with van der Waals surface area (Å²) in [6, 6.07) is 4.03. The Morgan fingerprint density at radius 3 is 3.00 bits per heavy atom. The van der Waals surface area contributed by atoms with E-state index < -0.39 is 6.09 Å². The average molecular weight is 249 g/mol. The minimum atomic E-state index is -0.747. The zero-order valence-electron chi connectivity index (χ0n) is 8.33. The second-order valence-corrected chi connectivity index (χ2v) is 4.73. The zero-order valence-corrected chi connectivity index (χ0v) is 9.90. The van der Waals surface area contributed by atoms with Gasteiger partial charge in [-0.15, -0.1) is 11.3 Å². The Labute approximate surface area is 97.4 Å². The molecule has 0 saturated heterocycles. The minimum Gasteiger partial charge on any atom is -0.448 e. The predicted octanol–water partition coefficient (Wildman–Crippen LogP) is 2.15. The highest BCUT2D eigenvalue weighted by molar-refractivity contribution is 7.16. The molecule has 0 aliphatic heterocycles. The number of hydrogen-bond donors (Lipinski definition) is 2. The molecule has 0 saturated carbocycles. The lowest BCUT2D eigenvalue weighted by Gasteiger charge is -2.11. The van der Waals surface area contributed by atoms with Gasteiger partial charge >= 0.3 is 6.09 Å². The number of amides is 1. The third-order valence-electron chi connectivity index (χ3n) is 1.82. The topological polar surface area (TPSA) is 64.3 Å². The summed E-state index contributed by atoms with van der Waals surface area (Å²) in [7, 11) is 0. The highest BCUT2D eigenvalue weighted by atomic mass is 35.5. The van der Waals surface area contributed by atoms with Crippen molar-refractivity contribution in [2.75, 3.05) is 13.2 Å². The van der Waals surface area contributed by atoms with Crippen LogP contribution >= 0.6 is 22.9 Å². The molecule has 0 fully saturated rings. The smallest absolute Gasteiger partial charge is 0.404 e. The molecule has 1 amide bonds. The second-order valence-electron chi connectivity index (χ2n) is 2.99. The molecule has 15 heavy (non-hydrogen) atoms. The van der Waals surface area contributed by atoms with Crippen molar-refractivity contribution in [1.29, 1.82) is 0 Å². The van der Waals surface area contributed by atoms with Gasteiger partial charge in [0.2, 0.25) is 0 Å². The molecule has 0 radical (unpaired) electrons. The van der Waals surface area contributed by atoms with E-state index in [1.807, 2.05) is 19.1 Å². The number of nitrogens with one attached hydrogen (secondary N) is 1. The molecule has 4 nitrogen and oxygen atoms in total. The van der Waals surface area contributed by atoms with Crippen LogP contribution in [-0.4, -0.2) is 19.2 Å². The van der Waals surface area contributed by atoms with Crippen molar-refractivity contribution in [2.24, 2.45) is 5.73 Å². The maximum atomic E-state index is 10.3. The first-order chi connectivity index (χ1) is 7.09. The third kappa shape index (κ3) is 4.51. The fourth-order valence-electron chi connectivity index (χ4n) is 1.09. The van der Waals surface area contributed by atoms with Crippen LogP contribution in [0.1, 0.15) is 17.8 Å². The van der Waals surface area contributed by atoms with Crippen molar-refractivity contribution in [3.8, 4) is 0 Å². The molecule has 1 aromatic heterocycles. The van der Waals surface area contributed by atoms with Gasteiger partial charge in [0.15, 0.2) is 0 Å². The molecule has 3 N–H and O–H groups in total. The van der Waals surface area contributed by atoms with E-state index in [-0.39, 0.29) is 12.6 Å². The molecule has 84 valence electrons. The molecule has 0 aliphatic rings. The molecule has 1 rings (SSSR count). The van der Waals surface area contributed by atoms with E-state index in [2.05, 4.69) is 10.1 Å². The van der Waals surface area contributed by atoms with Crippen LogP contribution in [0.25, 0.3) is 0 Å². The number of ether oxygens (including phenoxy) is 1. The fourth-order valence-corrected chi connectivity index (χ4v) is 2.18. The van der Waals surface area contributed by atoms with Gasteiger partial charge < -0.3 is 15.8 Å². The van der Waals surface area contributed by atoms with E-state index in [0.717, 1.165) is 9.21 Å². The number of rotatable bonds is 5. The maximum absolute atomic E-state index is 10.3. The summed E-state index contributed by atoms with van der Waals surface area (Å²) < 4.78 is 5.36. The average Bonchev–Trinajstić information content (AvgIpc) is 2.59. The van der Waals surface area contributed by atoms with Crippen LogP contribution in [-0.2, 0) is 4.74 Å². The fraction of sp³-hybridized carbons (Fsp3) is 0.444. The van der Waals surface area contributed by atoms with Crippen molar-refractivity contribution < 1.29 is 9.53 Å². The van der Waals surface area contributed by atoms with Crippen LogP contribution in [0, 0.1) is 0 Å². The second kappa shape index (κ2) is 5.95. The van der Waals surface area contributed by atoms with E-state index in [0.29, 0.717) is 6.54 Å². The van der Waals surface area contributed by atoms with Gasteiger partial charge in [0.05, 0.1) is 4.34 Å². The number of carbonyl (C=O) groups excluding carboxylic acids is 1. The number of hydrogen-bond acceptors (Lipinski definition) is 4. The molecule has 0 aliphatic carbocycles. The lowest BCUT2D eigenvalue weighted by Crippen LogP contribution is -2.25. The zero-order chi connectivity index (χ0) is 11.3. The Hall–Kier alpha value is -0.780. The molecule has 1 atom stereocenters. The molecule has 0 aromatic carbocycles. The van der Waals surface area contributed by atoms with Crippen molar-refractivity contribution in [3.05, 3.63) is 21.3 Å². The summed E-state index contributed by atoms with van der Waals surface area (Å²) in [6.07, 6.45) is -0.747. The van der Waals surface area contributed by atoms with Gasteiger partial charge in [-0.25, -0.2) is 4.79 Å². The summed E-state index contributed by atoms with van der Waals surface area (Å²) in [4.78, 5) is 11.4. The number of thiophene rings is 1. The van der Waals surface area contributed by atoms with Gasteiger partial charge in [0.25, 0.3) is 0 Å². The lowest BCUT2D eigenvalue weighted by molar-refractivity contribution is 0.156. The first kappa shape index (κ1) is 12.3. The summed E-state index contributed by atoms with van der Waals surface area (Å²) in [6.45, 7) is 2.87. The number of carbonyl (C=O) groups is 1. The monoisotopic (exact) mass is 248 g/mol. The Morgan fingerprint density at radius 2 is 2.47 bits per heavy atom. The van der Waals surface area contributed by atoms with Gasteiger partial charge in [0, 0.05) is 17.5 Å². The first-order valence-corrected chi connectivity index (χ1v) is 5.70. The van der Waals surface area contributed by atoms with Gasteiger partial charge in [-0.2, -0.15) is 0 Å². The van der Waals surface area contributed by atoms with E-state index in [1.54, 1.807) is 0 Å². The Bertz CT molecular complexity index is 330. The number of halogens is 1. The predicted molar refractivity (Wildman–Crippen MR) is 61.3 cm³/mol. The molecule has 0 spiro atoms. The van der Waals surface area contributed by atoms with Gasteiger partial charge in [-0.1, -0.05) is 11.6 Å². The maximum Gasteiger partial charge on any atom is 0.404 e. The molecule has 6 heteroatoms. The molecule has 1 aromatic rings. The van der Waals surface area contributed by atoms with Gasteiger partial charge in [-0.05, 0) is 19.1 Å². The molecular formula is C9H13ClN2O2S. The van der Waals surface area contributed by atoms with Crippen LogP contribution in [0.2, 0.25) is 4.34 Å². The summed E-state index contributed by atoms with van der Waals surface area (Å²) in [5, 5.41) is 3.19. The SMILES string of the molecule is CC(NCCOC(N)=O)c1ccc(Cl)s1.